The van der Waals surface area contributed by atoms with Crippen LogP contribution in [0.3, 0.4) is 0 Å². The number of hydrogen-bond acceptors (Lipinski definition) is 4. The van der Waals surface area contributed by atoms with Crippen LogP contribution in [0.2, 0.25) is 0 Å². The van der Waals surface area contributed by atoms with Gasteiger partial charge in [-0.05, 0) is 32.4 Å². The minimum atomic E-state index is 0.275. The molecule has 4 heteroatoms. The lowest BCUT2D eigenvalue weighted by atomic mass is 10.1. The molecule has 0 spiro atoms. The predicted molar refractivity (Wildman–Crippen MR) is 82.0 cm³/mol. The Hall–Kier alpha value is -1.65. The molecule has 1 fully saturated rings. The first-order valence-corrected chi connectivity index (χ1v) is 7.50. The summed E-state index contributed by atoms with van der Waals surface area (Å²) in [5.74, 6) is 0.706. The van der Waals surface area contributed by atoms with Gasteiger partial charge in [0.25, 0.3) is 0 Å². The molecule has 4 nitrogen and oxygen atoms in total. The third-order valence-electron chi connectivity index (χ3n) is 3.81. The van der Waals surface area contributed by atoms with Crippen LogP contribution in [-0.2, 0) is 11.3 Å². The topological polar surface area (TPSA) is 38.5 Å². The number of oxazole rings is 1. The molecule has 21 heavy (non-hydrogen) atoms. The van der Waals surface area contributed by atoms with Gasteiger partial charge in [-0.1, -0.05) is 18.2 Å². The highest BCUT2D eigenvalue weighted by Gasteiger charge is 2.23. The van der Waals surface area contributed by atoms with Crippen molar-refractivity contribution in [3.05, 3.63) is 41.8 Å². The first kappa shape index (κ1) is 14.3. The molecule has 1 aliphatic heterocycles. The number of nitrogens with zero attached hydrogens (tertiary/aromatic N) is 2. The fraction of sp³-hybridized carbons (Fsp3) is 0.471. The molecule has 0 saturated carbocycles. The molecule has 2 atom stereocenters. The molecule has 0 bridgehead atoms. The van der Waals surface area contributed by atoms with E-state index in [1.54, 1.807) is 6.26 Å². The fourth-order valence-electron chi connectivity index (χ4n) is 2.96. The van der Waals surface area contributed by atoms with Crippen molar-refractivity contribution in [1.82, 2.24) is 9.88 Å². The van der Waals surface area contributed by atoms with Gasteiger partial charge in [0.15, 0.2) is 0 Å². The lowest BCUT2D eigenvalue weighted by molar-refractivity contribution is -0.0707. The number of aryl methyl sites for hydroxylation is 1. The Morgan fingerprint density at radius 3 is 2.62 bits per heavy atom. The van der Waals surface area contributed by atoms with Crippen LogP contribution in [0.25, 0.3) is 11.5 Å². The molecule has 0 amide bonds. The number of aromatic nitrogens is 1. The summed E-state index contributed by atoms with van der Waals surface area (Å²) >= 11 is 0. The monoisotopic (exact) mass is 286 g/mol. The summed E-state index contributed by atoms with van der Waals surface area (Å²) in [4.78, 5) is 7.01. The van der Waals surface area contributed by atoms with Crippen molar-refractivity contribution in [1.29, 1.82) is 0 Å². The molecule has 0 aliphatic carbocycles. The van der Waals surface area contributed by atoms with Gasteiger partial charge in [-0.15, -0.1) is 0 Å². The smallest absolute Gasteiger partial charge is 0.226 e. The van der Waals surface area contributed by atoms with Crippen LogP contribution in [-0.4, -0.2) is 35.2 Å². The van der Waals surface area contributed by atoms with E-state index in [1.807, 2.05) is 18.2 Å². The summed E-state index contributed by atoms with van der Waals surface area (Å²) in [7, 11) is 0. The number of ether oxygens (including phenoxy) is 1. The Morgan fingerprint density at radius 2 is 1.90 bits per heavy atom. The van der Waals surface area contributed by atoms with Gasteiger partial charge in [-0.2, -0.15) is 0 Å². The number of hydrogen-bond donors (Lipinski definition) is 0. The highest BCUT2D eigenvalue weighted by atomic mass is 16.5. The minimum Gasteiger partial charge on any atom is -0.444 e. The normalized spacial score (nSPS) is 23.4. The summed E-state index contributed by atoms with van der Waals surface area (Å²) < 4.78 is 11.4. The average Bonchev–Trinajstić information content (AvgIpc) is 2.86. The maximum Gasteiger partial charge on any atom is 0.226 e. The van der Waals surface area contributed by atoms with E-state index in [9.17, 15) is 0 Å². The van der Waals surface area contributed by atoms with Gasteiger partial charge in [0.2, 0.25) is 5.89 Å². The Labute approximate surface area is 125 Å². The highest BCUT2D eigenvalue weighted by molar-refractivity contribution is 5.58. The lowest BCUT2D eigenvalue weighted by Crippen LogP contribution is -2.44. The Balaban J connectivity index is 1.72. The summed E-state index contributed by atoms with van der Waals surface area (Å²) in [6.07, 6.45) is 2.32. The van der Waals surface area contributed by atoms with Gasteiger partial charge in [0, 0.05) is 25.2 Å². The van der Waals surface area contributed by atoms with E-state index in [1.165, 1.54) is 5.56 Å². The van der Waals surface area contributed by atoms with Gasteiger partial charge in [-0.25, -0.2) is 4.98 Å². The van der Waals surface area contributed by atoms with Crippen LogP contribution in [0, 0.1) is 6.92 Å². The summed E-state index contributed by atoms with van der Waals surface area (Å²) in [5, 5.41) is 0. The third kappa shape index (κ3) is 3.34. The number of benzene rings is 1. The van der Waals surface area contributed by atoms with Crippen molar-refractivity contribution in [3.8, 4) is 11.5 Å². The van der Waals surface area contributed by atoms with E-state index in [0.29, 0.717) is 5.89 Å². The number of morpholine rings is 1. The minimum absolute atomic E-state index is 0.275. The predicted octanol–water partition coefficient (Wildman–Crippen LogP) is 3.26. The van der Waals surface area contributed by atoms with Crippen molar-refractivity contribution in [3.63, 3.8) is 0 Å². The molecule has 0 N–H and O–H groups in total. The fourth-order valence-corrected chi connectivity index (χ4v) is 2.96. The van der Waals surface area contributed by atoms with Gasteiger partial charge in [0.05, 0.1) is 17.9 Å². The van der Waals surface area contributed by atoms with E-state index in [4.69, 9.17) is 9.15 Å². The van der Waals surface area contributed by atoms with E-state index in [0.717, 1.165) is 30.9 Å². The maximum absolute atomic E-state index is 5.76. The van der Waals surface area contributed by atoms with E-state index >= 15 is 0 Å². The van der Waals surface area contributed by atoms with Crippen molar-refractivity contribution in [2.24, 2.45) is 0 Å². The second kappa shape index (κ2) is 6.00. The first-order valence-electron chi connectivity index (χ1n) is 7.50. The quantitative estimate of drug-likeness (QED) is 0.868. The van der Waals surface area contributed by atoms with E-state index < -0.39 is 0 Å². The largest absolute Gasteiger partial charge is 0.444 e. The van der Waals surface area contributed by atoms with Crippen molar-refractivity contribution in [2.75, 3.05) is 13.1 Å². The molecule has 0 radical (unpaired) electrons. The molecule has 1 saturated heterocycles. The van der Waals surface area contributed by atoms with E-state index in [2.05, 4.69) is 36.7 Å². The Morgan fingerprint density at radius 1 is 1.19 bits per heavy atom. The van der Waals surface area contributed by atoms with Crippen molar-refractivity contribution >= 4 is 0 Å². The molecule has 1 aromatic heterocycles. The van der Waals surface area contributed by atoms with Gasteiger partial charge < -0.3 is 9.15 Å². The maximum atomic E-state index is 5.76. The number of rotatable bonds is 3. The van der Waals surface area contributed by atoms with Gasteiger partial charge in [-0.3, -0.25) is 4.90 Å². The third-order valence-corrected chi connectivity index (χ3v) is 3.81. The zero-order valence-electron chi connectivity index (χ0n) is 12.9. The molecule has 1 aliphatic rings. The van der Waals surface area contributed by atoms with Gasteiger partial charge >= 0.3 is 0 Å². The molecule has 2 aromatic rings. The standard InChI is InChI=1S/C17H22N2O2/c1-12-6-4-5-7-16(12)17-18-15(11-20-17)10-19-8-13(2)21-14(3)9-19/h4-7,11,13-14H,8-10H2,1-3H3. The van der Waals surface area contributed by atoms with Gasteiger partial charge in [0.1, 0.15) is 6.26 Å². The van der Waals surface area contributed by atoms with Crippen molar-refractivity contribution < 1.29 is 9.15 Å². The highest BCUT2D eigenvalue weighted by Crippen LogP contribution is 2.23. The second-order valence-electron chi connectivity index (χ2n) is 5.91. The van der Waals surface area contributed by atoms with Crippen LogP contribution in [0.5, 0.6) is 0 Å². The average molecular weight is 286 g/mol. The van der Waals surface area contributed by atoms with E-state index in [-0.39, 0.29) is 12.2 Å². The molecule has 3 rings (SSSR count). The molecular weight excluding hydrogens is 264 g/mol. The molecule has 112 valence electrons. The summed E-state index contributed by atoms with van der Waals surface area (Å²) in [5.41, 5.74) is 3.22. The van der Waals surface area contributed by atoms with Crippen molar-refractivity contribution in [2.45, 2.75) is 39.5 Å². The molecule has 2 unspecified atom stereocenters. The summed E-state index contributed by atoms with van der Waals surface area (Å²) in [6.45, 7) is 9.00. The SMILES string of the molecule is Cc1ccccc1-c1nc(CN2CC(C)OC(C)C2)co1. The second-order valence-corrected chi connectivity index (χ2v) is 5.91. The van der Waals surface area contributed by atoms with Crippen LogP contribution in [0.1, 0.15) is 25.1 Å². The summed E-state index contributed by atoms with van der Waals surface area (Å²) in [6, 6.07) is 8.16. The van der Waals surface area contributed by atoms with Crippen LogP contribution >= 0.6 is 0 Å². The lowest BCUT2D eigenvalue weighted by Gasteiger charge is -2.34. The van der Waals surface area contributed by atoms with Crippen LogP contribution < -0.4 is 0 Å². The van der Waals surface area contributed by atoms with Crippen LogP contribution in [0.15, 0.2) is 34.9 Å². The Kier molecular flexibility index (Phi) is 4.08. The first-order chi connectivity index (χ1) is 10.1. The zero-order chi connectivity index (χ0) is 14.8. The van der Waals surface area contributed by atoms with Crippen LogP contribution in [0.4, 0.5) is 0 Å². The molecule has 1 aromatic carbocycles. The Bertz CT molecular complexity index is 598. The molecule has 2 heterocycles. The molecular formula is C17H22N2O2. The zero-order valence-corrected chi connectivity index (χ0v) is 12.9.